The molecule has 2 aromatic rings. The summed E-state index contributed by atoms with van der Waals surface area (Å²) in [6.07, 6.45) is -1.29. The molecule has 1 aromatic carbocycles. The number of rotatable bonds is 4. The summed E-state index contributed by atoms with van der Waals surface area (Å²) < 4.78 is 5.02. The molecule has 6 nitrogen and oxygen atoms in total. The van der Waals surface area contributed by atoms with Gasteiger partial charge in [-0.2, -0.15) is 0 Å². The Bertz CT molecular complexity index is 673. The average Bonchev–Trinajstić information content (AvgIpc) is 2.25. The Balaban J connectivity index is 2.40. The number of hydrogen-bond donors (Lipinski definition) is 4. The van der Waals surface area contributed by atoms with Crippen LogP contribution in [0.5, 0.6) is 11.5 Å². The van der Waals surface area contributed by atoms with Crippen LogP contribution in [0.1, 0.15) is 19.1 Å². The van der Waals surface area contributed by atoms with Crippen LogP contribution in [0.25, 0.3) is 10.8 Å². The Hall–Kier alpha value is -2.05. The molecule has 108 valence electrons. The Morgan fingerprint density at radius 3 is 2.55 bits per heavy atom. The van der Waals surface area contributed by atoms with Gasteiger partial charge in [0.25, 0.3) is 0 Å². The van der Waals surface area contributed by atoms with Gasteiger partial charge in [-0.25, -0.2) is 4.79 Å². The van der Waals surface area contributed by atoms with Crippen molar-refractivity contribution in [2.24, 2.45) is 0 Å². The third-order valence-corrected chi connectivity index (χ3v) is 2.93. The first kappa shape index (κ1) is 14.4. The van der Waals surface area contributed by atoms with Crippen LogP contribution in [0, 0.1) is 0 Å². The summed E-state index contributed by atoms with van der Waals surface area (Å²) in [5.41, 5.74) is -0.737. The molecule has 0 saturated carbocycles. The van der Waals surface area contributed by atoms with Crippen molar-refractivity contribution in [3.63, 3.8) is 0 Å². The van der Waals surface area contributed by atoms with Gasteiger partial charge in [0.15, 0.2) is 0 Å². The van der Waals surface area contributed by atoms with Gasteiger partial charge in [0.2, 0.25) is 0 Å². The number of aliphatic hydroxyl groups is 2. The fourth-order valence-corrected chi connectivity index (χ4v) is 2.15. The zero-order valence-electron chi connectivity index (χ0n) is 10.9. The summed E-state index contributed by atoms with van der Waals surface area (Å²) in [4.78, 5) is 11.8. The molecular weight excluding hydrogens is 264 g/mol. The molecule has 2 atom stereocenters. The lowest BCUT2D eigenvalue weighted by Crippen LogP contribution is -2.18. The minimum absolute atomic E-state index is 0.0171. The Kier molecular flexibility index (Phi) is 3.96. The van der Waals surface area contributed by atoms with E-state index in [9.17, 15) is 25.2 Å². The van der Waals surface area contributed by atoms with E-state index in [1.807, 2.05) is 0 Å². The van der Waals surface area contributed by atoms with E-state index < -0.39 is 17.8 Å². The maximum absolute atomic E-state index is 11.8. The number of phenolic OH excluding ortho intramolecular Hbond substituents is 2. The molecule has 0 aliphatic rings. The van der Waals surface area contributed by atoms with Crippen molar-refractivity contribution in [3.8, 4) is 11.5 Å². The van der Waals surface area contributed by atoms with Crippen molar-refractivity contribution in [3.05, 3.63) is 34.4 Å². The number of aromatic hydroxyl groups is 2. The smallest absolute Gasteiger partial charge is 0.347 e. The predicted octanol–water partition coefficient (Wildman–Crippen LogP) is 0.878. The lowest BCUT2D eigenvalue weighted by molar-refractivity contribution is 0.0871. The first-order valence-electron chi connectivity index (χ1n) is 6.21. The highest BCUT2D eigenvalue weighted by Crippen LogP contribution is 2.28. The van der Waals surface area contributed by atoms with E-state index in [1.165, 1.54) is 12.1 Å². The third-order valence-electron chi connectivity index (χ3n) is 2.93. The molecule has 0 spiro atoms. The molecule has 4 N–H and O–H groups in total. The lowest BCUT2D eigenvalue weighted by atomic mass is 10.1. The molecule has 0 aliphatic heterocycles. The van der Waals surface area contributed by atoms with E-state index in [0.717, 1.165) is 6.07 Å². The summed E-state index contributed by atoms with van der Waals surface area (Å²) in [5.74, 6) is -0.304. The summed E-state index contributed by atoms with van der Waals surface area (Å²) >= 11 is 0. The number of benzene rings is 1. The van der Waals surface area contributed by atoms with Crippen molar-refractivity contribution in [2.45, 2.75) is 32.0 Å². The molecule has 1 heterocycles. The second-order valence-electron chi connectivity index (χ2n) is 4.87. The average molecular weight is 280 g/mol. The zero-order valence-corrected chi connectivity index (χ0v) is 10.9. The summed E-state index contributed by atoms with van der Waals surface area (Å²) in [6.45, 7) is 1.55. The fourth-order valence-electron chi connectivity index (χ4n) is 2.15. The normalized spacial score (nSPS) is 14.3. The van der Waals surface area contributed by atoms with Gasteiger partial charge in [0.1, 0.15) is 22.6 Å². The summed E-state index contributed by atoms with van der Waals surface area (Å²) in [7, 11) is 0. The van der Waals surface area contributed by atoms with Crippen LogP contribution in [0.15, 0.2) is 27.4 Å². The van der Waals surface area contributed by atoms with Gasteiger partial charge in [-0.05, 0) is 30.9 Å². The second-order valence-corrected chi connectivity index (χ2v) is 4.87. The first-order valence-corrected chi connectivity index (χ1v) is 6.21. The lowest BCUT2D eigenvalue weighted by Gasteiger charge is -2.12. The van der Waals surface area contributed by atoms with Crippen molar-refractivity contribution in [1.29, 1.82) is 0 Å². The van der Waals surface area contributed by atoms with Crippen molar-refractivity contribution >= 4 is 10.8 Å². The monoisotopic (exact) mass is 280 g/mol. The van der Waals surface area contributed by atoms with Gasteiger partial charge in [-0.1, -0.05) is 0 Å². The van der Waals surface area contributed by atoms with Crippen LogP contribution in [0.4, 0.5) is 0 Å². The molecule has 1 aromatic heterocycles. The topological polar surface area (TPSA) is 111 Å². The number of fused-ring (bicyclic) bond motifs is 1. The van der Waals surface area contributed by atoms with Crippen LogP contribution < -0.4 is 5.63 Å². The minimum atomic E-state index is -0.846. The summed E-state index contributed by atoms with van der Waals surface area (Å²) in [5, 5.41) is 38.3. The van der Waals surface area contributed by atoms with Gasteiger partial charge in [-0.15, -0.1) is 0 Å². The molecule has 6 heteroatoms. The molecule has 0 radical (unpaired) electrons. The van der Waals surface area contributed by atoms with Crippen LogP contribution >= 0.6 is 0 Å². The van der Waals surface area contributed by atoms with E-state index in [0.29, 0.717) is 5.39 Å². The largest absolute Gasteiger partial charge is 0.508 e. The van der Waals surface area contributed by atoms with Gasteiger partial charge in [-0.3, -0.25) is 0 Å². The van der Waals surface area contributed by atoms with Gasteiger partial charge in [0, 0.05) is 12.5 Å². The third kappa shape index (κ3) is 3.09. The number of aliphatic hydroxyl groups excluding tert-OH is 2. The van der Waals surface area contributed by atoms with Gasteiger partial charge < -0.3 is 24.8 Å². The molecule has 2 rings (SSSR count). The van der Waals surface area contributed by atoms with Crippen molar-refractivity contribution in [2.75, 3.05) is 0 Å². The first-order chi connectivity index (χ1) is 9.36. The second kappa shape index (κ2) is 5.52. The Morgan fingerprint density at radius 2 is 1.90 bits per heavy atom. The van der Waals surface area contributed by atoms with Gasteiger partial charge >= 0.3 is 5.63 Å². The standard InChI is InChI=1S/C14H16O6/c1-7(15)2-9(16)5-11-4-8-3-10(17)6-12(18)13(8)14(19)20-11/h3-4,6-7,9,15-18H,2,5H2,1H3/t7-,9+/m0/s1. The zero-order chi connectivity index (χ0) is 14.9. The minimum Gasteiger partial charge on any atom is -0.508 e. The van der Waals surface area contributed by atoms with Crippen LogP contribution in [0.3, 0.4) is 0 Å². The SMILES string of the molecule is C[C@H](O)C[C@@H](O)Cc1cc2cc(O)cc(O)c2c(=O)o1. The quantitative estimate of drug-likeness (QED) is 0.661. The van der Waals surface area contributed by atoms with E-state index >= 15 is 0 Å². The highest BCUT2D eigenvalue weighted by molar-refractivity contribution is 5.88. The molecule has 0 bridgehead atoms. The Morgan fingerprint density at radius 1 is 1.20 bits per heavy atom. The maximum atomic E-state index is 11.8. The van der Waals surface area contributed by atoms with E-state index in [2.05, 4.69) is 0 Å². The van der Waals surface area contributed by atoms with E-state index in [1.54, 1.807) is 6.92 Å². The Labute approximate surface area is 114 Å². The molecule has 0 saturated heterocycles. The number of hydrogen-bond acceptors (Lipinski definition) is 6. The highest BCUT2D eigenvalue weighted by atomic mass is 16.4. The predicted molar refractivity (Wildman–Crippen MR) is 71.8 cm³/mol. The summed E-state index contributed by atoms with van der Waals surface area (Å²) in [6, 6.07) is 3.86. The van der Waals surface area contributed by atoms with E-state index in [4.69, 9.17) is 4.42 Å². The van der Waals surface area contributed by atoms with Crippen molar-refractivity contribution < 1.29 is 24.8 Å². The number of phenols is 2. The molecule has 20 heavy (non-hydrogen) atoms. The molecule has 0 amide bonds. The highest BCUT2D eigenvalue weighted by Gasteiger charge is 2.14. The molecule has 0 fully saturated rings. The van der Waals surface area contributed by atoms with E-state index in [-0.39, 0.29) is 35.5 Å². The fraction of sp³-hybridized carbons (Fsp3) is 0.357. The molecular formula is C14H16O6. The molecule has 0 aliphatic carbocycles. The van der Waals surface area contributed by atoms with Gasteiger partial charge in [0.05, 0.1) is 12.2 Å². The molecule has 0 unspecified atom stereocenters. The van der Waals surface area contributed by atoms with Crippen LogP contribution in [-0.2, 0) is 6.42 Å². The van der Waals surface area contributed by atoms with Crippen LogP contribution in [-0.4, -0.2) is 32.6 Å². The van der Waals surface area contributed by atoms with Crippen LogP contribution in [0.2, 0.25) is 0 Å². The maximum Gasteiger partial charge on any atom is 0.347 e. The van der Waals surface area contributed by atoms with Crippen molar-refractivity contribution in [1.82, 2.24) is 0 Å².